The Morgan fingerprint density at radius 1 is 0.762 bits per heavy atom. The monoisotopic (exact) mass is 305 g/mol. The summed E-state index contributed by atoms with van der Waals surface area (Å²) in [6.07, 6.45) is 0. The van der Waals surface area contributed by atoms with Gasteiger partial charge in [0.1, 0.15) is 5.82 Å². The lowest BCUT2D eigenvalue weighted by Crippen LogP contribution is -2.19. The number of hydrogen-bond acceptors (Lipinski definition) is 1. The number of aryl methyl sites for hydroxylation is 1. The average molecular weight is 305 g/mol. The first-order valence-electron chi connectivity index (χ1n) is 5.78. The number of benzene rings is 2. The van der Waals surface area contributed by atoms with E-state index in [1.54, 1.807) is 0 Å². The Morgan fingerprint density at radius 2 is 1.24 bits per heavy atom. The predicted molar refractivity (Wildman–Crippen MR) is 63.4 cm³/mol. The van der Waals surface area contributed by atoms with Gasteiger partial charge in [-0.1, -0.05) is 6.07 Å². The fourth-order valence-electron chi connectivity index (χ4n) is 2.01. The molecule has 1 unspecified atom stereocenters. The molecule has 0 bridgehead atoms. The molecule has 2 rings (SSSR count). The largest absolute Gasteiger partial charge is 0.320 e. The maximum atomic E-state index is 13.6. The molecule has 1 nitrogen and oxygen atoms in total. The highest BCUT2D eigenvalue weighted by atomic mass is 19.2. The third-order valence-electron chi connectivity index (χ3n) is 2.98. The van der Waals surface area contributed by atoms with Gasteiger partial charge in [-0.3, -0.25) is 0 Å². The molecule has 1 atom stereocenters. The Hall–Kier alpha value is -2.02. The van der Waals surface area contributed by atoms with Crippen molar-refractivity contribution < 1.29 is 26.3 Å². The van der Waals surface area contributed by atoms with Crippen molar-refractivity contribution in [1.29, 1.82) is 0 Å². The van der Waals surface area contributed by atoms with E-state index in [4.69, 9.17) is 5.73 Å². The first-order chi connectivity index (χ1) is 9.73. The summed E-state index contributed by atoms with van der Waals surface area (Å²) in [5.41, 5.74) is 4.64. The molecule has 0 aliphatic carbocycles. The van der Waals surface area contributed by atoms with Crippen molar-refractivity contribution in [3.8, 4) is 0 Å². The molecule has 21 heavy (non-hydrogen) atoms. The molecule has 0 fully saturated rings. The molecule has 112 valence electrons. The molecule has 2 N–H and O–H groups in total. The highest BCUT2D eigenvalue weighted by molar-refractivity contribution is 5.36. The maximum Gasteiger partial charge on any atom is 0.200 e. The quantitative estimate of drug-likeness (QED) is 0.508. The van der Waals surface area contributed by atoms with Crippen LogP contribution in [0, 0.1) is 41.8 Å². The Balaban J connectivity index is 2.66. The van der Waals surface area contributed by atoms with Crippen molar-refractivity contribution in [1.82, 2.24) is 0 Å². The summed E-state index contributed by atoms with van der Waals surface area (Å²) >= 11 is 0. The smallest absolute Gasteiger partial charge is 0.200 e. The van der Waals surface area contributed by atoms with Crippen LogP contribution in [-0.4, -0.2) is 0 Å². The van der Waals surface area contributed by atoms with Gasteiger partial charge in [-0.15, -0.1) is 0 Å². The van der Waals surface area contributed by atoms with Gasteiger partial charge in [0, 0.05) is 0 Å². The Morgan fingerprint density at radius 3 is 1.71 bits per heavy atom. The van der Waals surface area contributed by atoms with Crippen LogP contribution in [0.25, 0.3) is 0 Å². The zero-order valence-corrected chi connectivity index (χ0v) is 10.7. The van der Waals surface area contributed by atoms with Crippen LogP contribution >= 0.6 is 0 Å². The van der Waals surface area contributed by atoms with Crippen molar-refractivity contribution in [2.75, 3.05) is 0 Å². The molecule has 0 amide bonds. The van der Waals surface area contributed by atoms with Crippen LogP contribution in [0.3, 0.4) is 0 Å². The minimum atomic E-state index is -2.27. The zero-order chi connectivity index (χ0) is 15.9. The lowest BCUT2D eigenvalue weighted by atomic mass is 9.96. The number of halogens is 6. The second-order valence-electron chi connectivity index (χ2n) is 4.52. The first-order valence-corrected chi connectivity index (χ1v) is 5.78. The van der Waals surface area contributed by atoms with Gasteiger partial charge >= 0.3 is 0 Å². The number of nitrogens with two attached hydrogens (primary N) is 1. The minimum absolute atomic E-state index is 0.101. The SMILES string of the molecule is Cc1cc(F)cc(C(N)c2c(F)c(F)c(F)c(F)c2F)c1. The van der Waals surface area contributed by atoms with E-state index >= 15 is 0 Å². The summed E-state index contributed by atoms with van der Waals surface area (Å²) in [6, 6.07) is 1.61. The maximum absolute atomic E-state index is 13.6. The van der Waals surface area contributed by atoms with Crippen LogP contribution in [0.4, 0.5) is 26.3 Å². The summed E-state index contributed by atoms with van der Waals surface area (Å²) < 4.78 is 79.8. The molecular weight excluding hydrogens is 296 g/mol. The van der Waals surface area contributed by atoms with Gasteiger partial charge in [0.2, 0.25) is 5.82 Å². The summed E-state index contributed by atoms with van der Waals surface area (Å²) in [5, 5.41) is 0. The normalized spacial score (nSPS) is 12.6. The van der Waals surface area contributed by atoms with Crippen LogP contribution in [0.1, 0.15) is 22.7 Å². The van der Waals surface area contributed by atoms with Crippen LogP contribution in [0.5, 0.6) is 0 Å². The molecule has 0 saturated heterocycles. The highest BCUT2D eigenvalue weighted by Crippen LogP contribution is 2.30. The molecule has 7 heteroatoms. The molecular formula is C14H9F6N. The molecule has 2 aromatic rings. The second kappa shape index (κ2) is 5.40. The molecule has 0 saturated carbocycles. The lowest BCUT2D eigenvalue weighted by Gasteiger charge is -2.16. The van der Waals surface area contributed by atoms with E-state index in [1.807, 2.05) is 0 Å². The third-order valence-corrected chi connectivity index (χ3v) is 2.98. The van der Waals surface area contributed by atoms with Crippen LogP contribution in [0.15, 0.2) is 18.2 Å². The first kappa shape index (κ1) is 15.4. The van der Waals surface area contributed by atoms with E-state index in [9.17, 15) is 26.3 Å². The standard InChI is InChI=1S/C14H9F6N/c1-5-2-6(4-7(15)3-5)14(21)8-9(16)11(18)13(20)12(19)10(8)17/h2-4,14H,21H2,1H3. The summed E-state index contributed by atoms with van der Waals surface area (Å²) in [4.78, 5) is 0. The van der Waals surface area contributed by atoms with Crippen molar-refractivity contribution >= 4 is 0 Å². The zero-order valence-electron chi connectivity index (χ0n) is 10.7. The van der Waals surface area contributed by atoms with Crippen molar-refractivity contribution in [3.05, 3.63) is 69.8 Å². The van der Waals surface area contributed by atoms with E-state index in [1.165, 1.54) is 13.0 Å². The summed E-state index contributed by atoms with van der Waals surface area (Å²) in [5.74, 6) is -11.2. The third kappa shape index (κ3) is 2.61. The van der Waals surface area contributed by atoms with Crippen molar-refractivity contribution in [2.45, 2.75) is 13.0 Å². The van der Waals surface area contributed by atoms with Crippen molar-refractivity contribution in [2.24, 2.45) is 5.73 Å². The molecule has 0 aliphatic heterocycles. The Bertz CT molecular complexity index is 664. The molecule has 0 radical (unpaired) electrons. The van der Waals surface area contributed by atoms with Gasteiger partial charge in [-0.05, 0) is 30.2 Å². The summed E-state index contributed by atoms with van der Waals surface area (Å²) in [7, 11) is 0. The van der Waals surface area contributed by atoms with Gasteiger partial charge in [-0.25, -0.2) is 26.3 Å². The summed E-state index contributed by atoms with van der Waals surface area (Å²) in [6.45, 7) is 1.50. The van der Waals surface area contributed by atoms with E-state index in [0.717, 1.165) is 12.1 Å². The van der Waals surface area contributed by atoms with E-state index in [2.05, 4.69) is 0 Å². The van der Waals surface area contributed by atoms with Gasteiger partial charge in [0.25, 0.3) is 0 Å². The van der Waals surface area contributed by atoms with E-state index in [0.29, 0.717) is 5.56 Å². The van der Waals surface area contributed by atoms with Gasteiger partial charge in [0.05, 0.1) is 11.6 Å². The lowest BCUT2D eigenvalue weighted by molar-refractivity contribution is 0.367. The molecule has 0 aromatic heterocycles. The molecule has 0 heterocycles. The topological polar surface area (TPSA) is 26.0 Å². The van der Waals surface area contributed by atoms with Crippen LogP contribution < -0.4 is 5.73 Å². The average Bonchev–Trinajstić information content (AvgIpc) is 2.42. The van der Waals surface area contributed by atoms with Crippen LogP contribution in [0.2, 0.25) is 0 Å². The van der Waals surface area contributed by atoms with Gasteiger partial charge in [-0.2, -0.15) is 0 Å². The predicted octanol–water partition coefficient (Wildman–Crippen LogP) is 3.88. The number of hydrogen-bond donors (Lipinski definition) is 1. The van der Waals surface area contributed by atoms with Crippen LogP contribution in [-0.2, 0) is 0 Å². The fourth-order valence-corrected chi connectivity index (χ4v) is 2.01. The fraction of sp³-hybridized carbons (Fsp3) is 0.143. The van der Waals surface area contributed by atoms with Gasteiger partial charge < -0.3 is 5.73 Å². The van der Waals surface area contributed by atoms with E-state index < -0.39 is 46.5 Å². The number of rotatable bonds is 2. The molecule has 2 aromatic carbocycles. The second-order valence-corrected chi connectivity index (χ2v) is 4.52. The Kier molecular flexibility index (Phi) is 3.95. The minimum Gasteiger partial charge on any atom is -0.320 e. The highest BCUT2D eigenvalue weighted by Gasteiger charge is 2.29. The van der Waals surface area contributed by atoms with E-state index in [-0.39, 0.29) is 5.56 Å². The van der Waals surface area contributed by atoms with Crippen molar-refractivity contribution in [3.63, 3.8) is 0 Å². The molecule has 0 spiro atoms. The van der Waals surface area contributed by atoms with Gasteiger partial charge in [0.15, 0.2) is 23.3 Å². The Labute approximate surface area is 116 Å². The molecule has 0 aliphatic rings.